The lowest BCUT2D eigenvalue weighted by atomic mass is 10.1. The highest BCUT2D eigenvalue weighted by Crippen LogP contribution is 2.47. The quantitative estimate of drug-likeness (QED) is 0.901. The van der Waals surface area contributed by atoms with Gasteiger partial charge in [-0.1, -0.05) is 11.6 Å². The maximum Gasteiger partial charge on any atom is 0.134 e. The van der Waals surface area contributed by atoms with E-state index in [1.165, 1.54) is 0 Å². The maximum absolute atomic E-state index is 6.12. The van der Waals surface area contributed by atoms with Gasteiger partial charge in [0.05, 0.1) is 11.6 Å². The number of rotatable bonds is 2. The third kappa shape index (κ3) is 1.64. The van der Waals surface area contributed by atoms with Gasteiger partial charge in [0.1, 0.15) is 5.75 Å². The molecule has 0 radical (unpaired) electrons. The minimum absolute atomic E-state index is 0.203. The summed E-state index contributed by atoms with van der Waals surface area (Å²) in [6.07, 6.45) is 2.01. The van der Waals surface area contributed by atoms with E-state index in [0.717, 1.165) is 28.6 Å². The van der Waals surface area contributed by atoms with Gasteiger partial charge in [-0.05, 0) is 40.4 Å². The normalized spacial score (nSPS) is 18.0. The Morgan fingerprint density at radius 3 is 2.64 bits per heavy atom. The third-order valence-corrected chi connectivity index (χ3v) is 3.50. The van der Waals surface area contributed by atoms with Gasteiger partial charge in [0.25, 0.3) is 0 Å². The van der Waals surface area contributed by atoms with Crippen molar-refractivity contribution in [2.24, 2.45) is 5.73 Å². The second kappa shape index (κ2) is 3.40. The molecule has 4 heteroatoms. The van der Waals surface area contributed by atoms with Crippen molar-refractivity contribution in [2.45, 2.75) is 18.4 Å². The van der Waals surface area contributed by atoms with E-state index in [9.17, 15) is 0 Å². The first-order valence-corrected chi connectivity index (χ1v) is 5.56. The predicted octanol–water partition coefficient (Wildman–Crippen LogP) is 3.06. The highest BCUT2D eigenvalue weighted by Gasteiger charge is 2.41. The topological polar surface area (TPSA) is 35.2 Å². The molecule has 76 valence electrons. The van der Waals surface area contributed by atoms with Crippen molar-refractivity contribution in [3.05, 3.63) is 27.2 Å². The molecule has 14 heavy (non-hydrogen) atoms. The monoisotopic (exact) mass is 275 g/mol. The zero-order chi connectivity index (χ0) is 10.3. The fourth-order valence-electron chi connectivity index (χ4n) is 1.47. The average Bonchev–Trinajstić information content (AvgIpc) is 2.88. The van der Waals surface area contributed by atoms with Crippen LogP contribution in [0.4, 0.5) is 0 Å². The Bertz CT molecular complexity index is 377. The van der Waals surface area contributed by atoms with Crippen LogP contribution in [0.1, 0.15) is 18.4 Å². The van der Waals surface area contributed by atoms with E-state index in [1.807, 2.05) is 6.07 Å². The Morgan fingerprint density at radius 1 is 1.50 bits per heavy atom. The summed E-state index contributed by atoms with van der Waals surface area (Å²) in [7, 11) is 1.62. The summed E-state index contributed by atoms with van der Waals surface area (Å²) < 4.78 is 6.04. The maximum atomic E-state index is 6.12. The molecule has 0 unspecified atom stereocenters. The molecule has 1 saturated carbocycles. The highest BCUT2D eigenvalue weighted by molar-refractivity contribution is 9.10. The second-order valence-electron chi connectivity index (χ2n) is 3.62. The van der Waals surface area contributed by atoms with Crippen LogP contribution < -0.4 is 10.5 Å². The molecule has 2 nitrogen and oxygen atoms in total. The molecule has 1 aliphatic carbocycles. The third-order valence-electron chi connectivity index (χ3n) is 2.57. The van der Waals surface area contributed by atoms with Crippen LogP contribution in [0.25, 0.3) is 0 Å². The molecule has 0 atom stereocenters. The summed E-state index contributed by atoms with van der Waals surface area (Å²) >= 11 is 9.55. The fourth-order valence-corrected chi connectivity index (χ4v) is 2.32. The molecule has 0 aliphatic heterocycles. The van der Waals surface area contributed by atoms with E-state index in [2.05, 4.69) is 15.9 Å². The Kier molecular flexibility index (Phi) is 2.50. The van der Waals surface area contributed by atoms with Crippen LogP contribution >= 0.6 is 27.5 Å². The summed E-state index contributed by atoms with van der Waals surface area (Å²) in [5, 5.41) is 0.685. The molecule has 2 N–H and O–H groups in total. The fraction of sp³-hybridized carbons (Fsp3) is 0.400. The summed E-state index contributed by atoms with van der Waals surface area (Å²) in [6, 6.07) is 3.75. The number of methoxy groups -OCH3 is 1. The standard InChI is InChI=1S/C10H11BrClNO/c1-14-9-5-8(12)6(4-7(9)11)10(13)2-3-10/h4-5H,2-3,13H2,1H3. The van der Waals surface area contributed by atoms with E-state index in [0.29, 0.717) is 5.02 Å². The molecule has 1 aromatic carbocycles. The van der Waals surface area contributed by atoms with Crippen molar-refractivity contribution < 1.29 is 4.74 Å². The van der Waals surface area contributed by atoms with Gasteiger partial charge in [0.15, 0.2) is 0 Å². The van der Waals surface area contributed by atoms with Crippen LogP contribution in [0, 0.1) is 0 Å². The number of halogens is 2. The van der Waals surface area contributed by atoms with Crippen LogP contribution in [-0.2, 0) is 5.54 Å². The summed E-state index contributed by atoms with van der Waals surface area (Å²) in [4.78, 5) is 0. The SMILES string of the molecule is COc1cc(Cl)c(C2(N)CC2)cc1Br. The number of benzene rings is 1. The molecule has 2 rings (SSSR count). The highest BCUT2D eigenvalue weighted by atomic mass is 79.9. The minimum Gasteiger partial charge on any atom is -0.496 e. The molecule has 1 aliphatic rings. The van der Waals surface area contributed by atoms with Gasteiger partial charge in [-0.25, -0.2) is 0 Å². The molecule has 1 aromatic rings. The van der Waals surface area contributed by atoms with Crippen LogP contribution in [0.3, 0.4) is 0 Å². The molecule has 1 fully saturated rings. The largest absolute Gasteiger partial charge is 0.496 e. The van der Waals surface area contributed by atoms with Gasteiger partial charge < -0.3 is 10.5 Å². The van der Waals surface area contributed by atoms with Crippen molar-refractivity contribution in [3.8, 4) is 5.75 Å². The predicted molar refractivity (Wildman–Crippen MR) is 60.8 cm³/mol. The van der Waals surface area contributed by atoms with Crippen LogP contribution in [0.5, 0.6) is 5.75 Å². The number of hydrogen-bond donors (Lipinski definition) is 1. The van der Waals surface area contributed by atoms with E-state index in [4.69, 9.17) is 22.1 Å². The van der Waals surface area contributed by atoms with Crippen molar-refractivity contribution in [2.75, 3.05) is 7.11 Å². The number of nitrogens with two attached hydrogens (primary N) is 1. The molecule has 0 heterocycles. The molecule has 0 aromatic heterocycles. The lowest BCUT2D eigenvalue weighted by Gasteiger charge is -2.13. The first-order valence-electron chi connectivity index (χ1n) is 4.39. The first-order chi connectivity index (χ1) is 6.57. The number of hydrogen-bond acceptors (Lipinski definition) is 2. The lowest BCUT2D eigenvalue weighted by molar-refractivity contribution is 0.412. The Morgan fingerprint density at radius 2 is 2.14 bits per heavy atom. The van der Waals surface area contributed by atoms with Crippen LogP contribution in [-0.4, -0.2) is 7.11 Å². The molecular formula is C10H11BrClNO. The molecule has 0 bridgehead atoms. The second-order valence-corrected chi connectivity index (χ2v) is 4.88. The minimum atomic E-state index is -0.203. The molecule has 0 spiro atoms. The zero-order valence-corrected chi connectivity index (χ0v) is 10.2. The van der Waals surface area contributed by atoms with Crippen LogP contribution in [0.15, 0.2) is 16.6 Å². The zero-order valence-electron chi connectivity index (χ0n) is 7.81. The van der Waals surface area contributed by atoms with Gasteiger partial charge in [0.2, 0.25) is 0 Å². The molecular weight excluding hydrogens is 265 g/mol. The van der Waals surface area contributed by atoms with Crippen molar-refractivity contribution >= 4 is 27.5 Å². The van der Waals surface area contributed by atoms with Gasteiger partial charge in [-0.2, -0.15) is 0 Å². The summed E-state index contributed by atoms with van der Waals surface area (Å²) in [5.74, 6) is 0.739. The van der Waals surface area contributed by atoms with E-state index < -0.39 is 0 Å². The van der Waals surface area contributed by atoms with E-state index in [-0.39, 0.29) is 5.54 Å². The van der Waals surface area contributed by atoms with Gasteiger partial charge in [-0.3, -0.25) is 0 Å². The van der Waals surface area contributed by atoms with Crippen molar-refractivity contribution in [3.63, 3.8) is 0 Å². The number of ether oxygens (including phenoxy) is 1. The Labute approximate surface area is 96.5 Å². The summed E-state index contributed by atoms with van der Waals surface area (Å²) in [6.45, 7) is 0. The van der Waals surface area contributed by atoms with Gasteiger partial charge in [0, 0.05) is 16.6 Å². The van der Waals surface area contributed by atoms with Crippen LogP contribution in [0.2, 0.25) is 5.02 Å². The Balaban J connectivity index is 2.48. The van der Waals surface area contributed by atoms with E-state index in [1.54, 1.807) is 13.2 Å². The van der Waals surface area contributed by atoms with Crippen molar-refractivity contribution in [1.82, 2.24) is 0 Å². The van der Waals surface area contributed by atoms with E-state index >= 15 is 0 Å². The van der Waals surface area contributed by atoms with Gasteiger partial charge in [-0.15, -0.1) is 0 Å². The summed E-state index contributed by atoms with van der Waals surface area (Å²) in [5.41, 5.74) is 6.89. The smallest absolute Gasteiger partial charge is 0.134 e. The molecule has 0 amide bonds. The van der Waals surface area contributed by atoms with Crippen molar-refractivity contribution in [1.29, 1.82) is 0 Å². The Hall–Kier alpha value is -0.250. The van der Waals surface area contributed by atoms with Gasteiger partial charge >= 0.3 is 0 Å². The molecule has 0 saturated heterocycles. The average molecular weight is 277 g/mol. The first kappa shape index (κ1) is 10.3. The lowest BCUT2D eigenvalue weighted by Crippen LogP contribution is -2.19.